The molecule has 0 spiro atoms. The van der Waals surface area contributed by atoms with Gasteiger partial charge in [-0.05, 0) is 43.5 Å². The molecule has 28 heavy (non-hydrogen) atoms. The summed E-state index contributed by atoms with van der Waals surface area (Å²) in [7, 11) is -1.66. The minimum absolute atomic E-state index is 0.295. The molecule has 1 aliphatic rings. The number of aryl methyl sites for hydroxylation is 1. The molecule has 9 heteroatoms. The van der Waals surface area contributed by atoms with Crippen LogP contribution in [0.5, 0.6) is 0 Å². The molecule has 3 rings (SSSR count). The predicted molar refractivity (Wildman–Crippen MR) is 109 cm³/mol. The van der Waals surface area contributed by atoms with Crippen LogP contribution in [-0.4, -0.2) is 55.5 Å². The zero-order chi connectivity index (χ0) is 20.7. The van der Waals surface area contributed by atoms with E-state index in [1.54, 1.807) is 0 Å². The quantitative estimate of drug-likeness (QED) is 0.497. The van der Waals surface area contributed by atoms with Crippen LogP contribution in [0.2, 0.25) is 0 Å². The van der Waals surface area contributed by atoms with Gasteiger partial charge in [0.1, 0.15) is 6.04 Å². The average molecular weight is 412 g/mol. The fourth-order valence-corrected chi connectivity index (χ4v) is 3.26. The van der Waals surface area contributed by atoms with E-state index in [1.165, 1.54) is 0 Å². The minimum atomic E-state index is -3.67. The lowest BCUT2D eigenvalue weighted by Gasteiger charge is -2.22. The van der Waals surface area contributed by atoms with Gasteiger partial charge in [0.05, 0.1) is 12.9 Å². The summed E-state index contributed by atoms with van der Waals surface area (Å²) in [6, 6.07) is 7.55. The summed E-state index contributed by atoms with van der Waals surface area (Å²) in [5.74, 6) is 0.168. The number of esters is 1. The van der Waals surface area contributed by atoms with Crippen LogP contribution in [0, 0.1) is 5.92 Å². The smallest absolute Gasteiger partial charge is 0.323 e. The number of carbonyl (C=O) groups excluding carboxylic acids is 1. The molecule has 0 saturated carbocycles. The SMILES string of the molecule is CS(=O)(=O)O.Cn1cc(CC(N)C(=O)OCC2CCNCC2)c2ccccc21. The molecule has 1 aromatic carbocycles. The second kappa shape index (κ2) is 10.0. The standard InChI is InChI=1S/C18H25N3O2.CH4O3S/c1-21-11-14(15-4-2-3-5-17(15)21)10-16(19)18(22)23-12-13-6-8-20-9-7-13;1-5(2,3)4/h2-5,11,13,16,20H,6-10,12,19H2,1H3;1H3,(H,2,3,4). The number of hydrogen-bond donors (Lipinski definition) is 3. The molecule has 1 aliphatic heterocycles. The van der Waals surface area contributed by atoms with Gasteiger partial charge in [-0.15, -0.1) is 0 Å². The molecular weight excluding hydrogens is 382 g/mol. The van der Waals surface area contributed by atoms with Gasteiger partial charge in [-0.25, -0.2) is 0 Å². The lowest BCUT2D eigenvalue weighted by molar-refractivity contribution is -0.146. The molecule has 1 saturated heterocycles. The molecule has 0 amide bonds. The van der Waals surface area contributed by atoms with Crippen molar-refractivity contribution >= 4 is 27.0 Å². The van der Waals surface area contributed by atoms with Crippen LogP contribution < -0.4 is 11.1 Å². The highest BCUT2D eigenvalue weighted by molar-refractivity contribution is 7.85. The van der Waals surface area contributed by atoms with Gasteiger partial charge in [0.25, 0.3) is 10.1 Å². The van der Waals surface area contributed by atoms with Crippen molar-refractivity contribution in [1.29, 1.82) is 0 Å². The number of nitrogens with one attached hydrogen (secondary N) is 1. The first kappa shape index (κ1) is 22.4. The zero-order valence-electron chi connectivity index (χ0n) is 16.3. The Bertz CT molecular complexity index is 880. The van der Waals surface area contributed by atoms with E-state index in [-0.39, 0.29) is 5.97 Å². The Balaban J connectivity index is 0.000000500. The third-order valence-electron chi connectivity index (χ3n) is 4.64. The van der Waals surface area contributed by atoms with Crippen molar-refractivity contribution in [3.63, 3.8) is 0 Å². The van der Waals surface area contributed by atoms with Crippen molar-refractivity contribution in [2.24, 2.45) is 18.7 Å². The van der Waals surface area contributed by atoms with Gasteiger partial charge in [0.2, 0.25) is 0 Å². The van der Waals surface area contributed by atoms with Crippen LogP contribution in [0.15, 0.2) is 30.5 Å². The van der Waals surface area contributed by atoms with Crippen molar-refractivity contribution < 1.29 is 22.5 Å². The third-order valence-corrected chi connectivity index (χ3v) is 4.64. The molecule has 156 valence electrons. The topological polar surface area (TPSA) is 124 Å². The molecule has 1 fully saturated rings. The van der Waals surface area contributed by atoms with Gasteiger partial charge in [0, 0.05) is 30.6 Å². The van der Waals surface area contributed by atoms with Crippen molar-refractivity contribution in [2.45, 2.75) is 25.3 Å². The number of nitrogens with two attached hydrogens (primary N) is 1. The number of para-hydroxylation sites is 1. The van der Waals surface area contributed by atoms with E-state index < -0.39 is 16.2 Å². The van der Waals surface area contributed by atoms with Gasteiger partial charge in [0.15, 0.2) is 0 Å². The average Bonchev–Trinajstić information content (AvgIpc) is 2.95. The van der Waals surface area contributed by atoms with E-state index in [4.69, 9.17) is 15.0 Å². The monoisotopic (exact) mass is 411 g/mol. The molecule has 2 heterocycles. The van der Waals surface area contributed by atoms with E-state index in [9.17, 15) is 13.2 Å². The normalized spacial score (nSPS) is 16.3. The van der Waals surface area contributed by atoms with E-state index >= 15 is 0 Å². The van der Waals surface area contributed by atoms with Gasteiger partial charge < -0.3 is 20.4 Å². The van der Waals surface area contributed by atoms with Gasteiger partial charge in [-0.2, -0.15) is 8.42 Å². The van der Waals surface area contributed by atoms with Gasteiger partial charge in [-0.1, -0.05) is 18.2 Å². The molecule has 0 radical (unpaired) electrons. The molecule has 8 nitrogen and oxygen atoms in total. The Morgan fingerprint density at radius 1 is 1.36 bits per heavy atom. The van der Waals surface area contributed by atoms with Gasteiger partial charge in [-0.3, -0.25) is 9.35 Å². The summed E-state index contributed by atoms with van der Waals surface area (Å²) in [5, 5.41) is 4.46. The van der Waals surface area contributed by atoms with E-state index in [0.717, 1.165) is 42.4 Å². The highest BCUT2D eigenvalue weighted by atomic mass is 32.2. The van der Waals surface area contributed by atoms with Crippen LogP contribution in [-0.2, 0) is 33.1 Å². The zero-order valence-corrected chi connectivity index (χ0v) is 17.1. The van der Waals surface area contributed by atoms with Crippen LogP contribution in [0.25, 0.3) is 10.9 Å². The third kappa shape index (κ3) is 7.23. The second-order valence-corrected chi connectivity index (χ2v) is 8.62. The highest BCUT2D eigenvalue weighted by Crippen LogP contribution is 2.21. The van der Waals surface area contributed by atoms with E-state index in [0.29, 0.717) is 25.2 Å². The Morgan fingerprint density at radius 2 is 1.96 bits per heavy atom. The number of carbonyl (C=O) groups is 1. The number of benzene rings is 1. The fraction of sp³-hybridized carbons (Fsp3) is 0.526. The van der Waals surface area contributed by atoms with E-state index in [2.05, 4.69) is 22.0 Å². The summed E-state index contributed by atoms with van der Waals surface area (Å²) in [6.45, 7) is 2.50. The number of hydrogen-bond acceptors (Lipinski definition) is 6. The minimum Gasteiger partial charge on any atom is -0.464 e. The first-order valence-corrected chi connectivity index (χ1v) is 11.1. The number of ether oxygens (including phenoxy) is 1. The van der Waals surface area contributed by atoms with Crippen molar-refractivity contribution in [3.8, 4) is 0 Å². The Labute approximate surface area is 165 Å². The maximum absolute atomic E-state index is 12.2. The molecule has 1 unspecified atom stereocenters. The fourth-order valence-electron chi connectivity index (χ4n) is 3.26. The molecule has 4 N–H and O–H groups in total. The number of fused-ring (bicyclic) bond motifs is 1. The lowest BCUT2D eigenvalue weighted by atomic mass is 9.99. The highest BCUT2D eigenvalue weighted by Gasteiger charge is 2.21. The number of nitrogens with zero attached hydrogens (tertiary/aromatic N) is 1. The Hall–Kier alpha value is -1.94. The molecular formula is C19H29N3O5S. The van der Waals surface area contributed by atoms with E-state index in [1.807, 2.05) is 25.4 Å². The summed E-state index contributed by atoms with van der Waals surface area (Å²) >= 11 is 0. The summed E-state index contributed by atoms with van der Waals surface area (Å²) in [6.07, 6.45) is 5.39. The molecule has 1 atom stereocenters. The Kier molecular flexibility index (Phi) is 7.99. The van der Waals surface area contributed by atoms with Crippen LogP contribution in [0.1, 0.15) is 18.4 Å². The number of rotatable bonds is 5. The molecule has 2 aromatic rings. The van der Waals surface area contributed by atoms with Crippen molar-refractivity contribution in [3.05, 3.63) is 36.0 Å². The largest absolute Gasteiger partial charge is 0.464 e. The first-order valence-electron chi connectivity index (χ1n) is 9.23. The lowest BCUT2D eigenvalue weighted by Crippen LogP contribution is -2.36. The number of piperidine rings is 1. The second-order valence-electron chi connectivity index (χ2n) is 7.15. The maximum atomic E-state index is 12.2. The van der Waals surface area contributed by atoms with Crippen LogP contribution in [0.3, 0.4) is 0 Å². The summed E-state index contributed by atoms with van der Waals surface area (Å²) < 4.78 is 33.4. The van der Waals surface area contributed by atoms with Crippen LogP contribution in [0.4, 0.5) is 0 Å². The predicted octanol–water partition coefficient (Wildman–Crippen LogP) is 1.09. The molecule has 1 aromatic heterocycles. The van der Waals surface area contributed by atoms with Crippen molar-refractivity contribution in [2.75, 3.05) is 26.0 Å². The Morgan fingerprint density at radius 3 is 2.61 bits per heavy atom. The number of aromatic nitrogens is 1. The van der Waals surface area contributed by atoms with Gasteiger partial charge >= 0.3 is 5.97 Å². The maximum Gasteiger partial charge on any atom is 0.323 e. The van der Waals surface area contributed by atoms with Crippen LogP contribution >= 0.6 is 0 Å². The summed E-state index contributed by atoms with van der Waals surface area (Å²) in [4.78, 5) is 12.2. The summed E-state index contributed by atoms with van der Waals surface area (Å²) in [5.41, 5.74) is 8.31. The molecule has 0 bridgehead atoms. The first-order chi connectivity index (χ1) is 13.1. The van der Waals surface area contributed by atoms with Crippen molar-refractivity contribution in [1.82, 2.24) is 9.88 Å². The molecule has 0 aliphatic carbocycles.